The predicted molar refractivity (Wildman–Crippen MR) is 130 cm³/mol. The molecule has 0 atom stereocenters. The van der Waals surface area contributed by atoms with Crippen LogP contribution >= 0.6 is 34.8 Å². The van der Waals surface area contributed by atoms with Crippen LogP contribution in [0.2, 0.25) is 0 Å². The van der Waals surface area contributed by atoms with Gasteiger partial charge in [-0.3, -0.25) is 14.9 Å². The highest BCUT2D eigenvalue weighted by Gasteiger charge is 2.17. The number of halogens is 1. The van der Waals surface area contributed by atoms with Crippen LogP contribution in [-0.4, -0.2) is 42.0 Å². The van der Waals surface area contributed by atoms with Gasteiger partial charge in [0.15, 0.2) is 5.11 Å². The fourth-order valence-corrected chi connectivity index (χ4v) is 4.24. The van der Waals surface area contributed by atoms with Gasteiger partial charge in [0.05, 0.1) is 10.7 Å². The van der Waals surface area contributed by atoms with Gasteiger partial charge in [0, 0.05) is 29.9 Å². The number of ether oxygens (including phenoxy) is 1. The largest absolute Gasteiger partial charge is 0.496 e. The van der Waals surface area contributed by atoms with Crippen LogP contribution in [0.4, 0.5) is 5.69 Å². The Labute approximate surface area is 195 Å². The van der Waals surface area contributed by atoms with E-state index in [-0.39, 0.29) is 16.9 Å². The van der Waals surface area contributed by atoms with Crippen molar-refractivity contribution in [3.63, 3.8) is 0 Å². The summed E-state index contributed by atoms with van der Waals surface area (Å²) in [6, 6.07) is 12.3. The Morgan fingerprint density at radius 3 is 2.23 bits per heavy atom. The number of carbonyl (C=O) groups is 2. The average Bonchev–Trinajstić information content (AvgIpc) is 3.03. The monoisotopic (exact) mass is 537 g/mol. The van der Waals surface area contributed by atoms with Crippen LogP contribution in [0.5, 0.6) is 5.75 Å². The molecule has 0 saturated carbocycles. The highest BCUT2D eigenvalue weighted by atomic mass is 127. The number of hydrogen-bond acceptors (Lipinski definition) is 4. The first-order valence-corrected chi connectivity index (χ1v) is 11.3. The number of benzene rings is 2. The Kier molecular flexibility index (Phi) is 8.03. The van der Waals surface area contributed by atoms with E-state index in [0.717, 1.165) is 29.5 Å². The third-order valence-corrected chi connectivity index (χ3v) is 5.97. The molecule has 0 radical (unpaired) electrons. The van der Waals surface area contributed by atoms with Crippen molar-refractivity contribution in [1.29, 1.82) is 0 Å². The van der Waals surface area contributed by atoms with Crippen LogP contribution in [0.15, 0.2) is 42.5 Å². The summed E-state index contributed by atoms with van der Waals surface area (Å²) < 4.78 is 6.05. The molecule has 2 aromatic carbocycles. The maximum Gasteiger partial charge on any atom is 0.257 e. The van der Waals surface area contributed by atoms with Gasteiger partial charge in [-0.05, 0) is 90.1 Å². The number of likely N-dealkylation sites (tertiary alicyclic amines) is 1. The van der Waals surface area contributed by atoms with Crippen molar-refractivity contribution in [3.8, 4) is 5.75 Å². The van der Waals surface area contributed by atoms with E-state index in [4.69, 9.17) is 17.0 Å². The summed E-state index contributed by atoms with van der Waals surface area (Å²) in [5.41, 5.74) is 1.85. The molecule has 3 rings (SSSR count). The van der Waals surface area contributed by atoms with E-state index in [9.17, 15) is 9.59 Å². The summed E-state index contributed by atoms with van der Waals surface area (Å²) in [6.45, 7) is 1.64. The fourth-order valence-electron chi connectivity index (χ4n) is 3.30. The van der Waals surface area contributed by atoms with E-state index in [1.54, 1.807) is 49.6 Å². The average molecular weight is 537 g/mol. The minimum atomic E-state index is -0.305. The molecule has 6 nitrogen and oxygen atoms in total. The second kappa shape index (κ2) is 10.7. The molecule has 1 heterocycles. The molecule has 0 aliphatic carbocycles. The van der Waals surface area contributed by atoms with Gasteiger partial charge in [-0.1, -0.05) is 12.8 Å². The number of carbonyl (C=O) groups excluding carboxylic acids is 2. The van der Waals surface area contributed by atoms with E-state index in [1.165, 1.54) is 12.8 Å². The molecule has 2 aromatic rings. The number of methoxy groups -OCH3 is 1. The van der Waals surface area contributed by atoms with Crippen LogP contribution in [-0.2, 0) is 0 Å². The topological polar surface area (TPSA) is 70.7 Å². The predicted octanol–water partition coefficient (Wildman–Crippen LogP) is 4.44. The number of thiocarbonyl (C=S) groups is 1. The summed E-state index contributed by atoms with van der Waals surface area (Å²) in [7, 11) is 1.59. The lowest BCUT2D eigenvalue weighted by molar-refractivity contribution is 0.0761. The van der Waals surface area contributed by atoms with Gasteiger partial charge >= 0.3 is 0 Å². The SMILES string of the molecule is COc1ccc(C(=O)NC(=S)Nc2ccc(C(=O)N3CCCCCC3)cc2)cc1I. The van der Waals surface area contributed by atoms with Gasteiger partial charge in [-0.15, -0.1) is 0 Å². The van der Waals surface area contributed by atoms with E-state index in [0.29, 0.717) is 22.6 Å². The second-order valence-corrected chi connectivity index (χ2v) is 8.61. The summed E-state index contributed by atoms with van der Waals surface area (Å²) in [6.07, 6.45) is 4.50. The minimum absolute atomic E-state index is 0.0634. The van der Waals surface area contributed by atoms with E-state index >= 15 is 0 Å². The molecule has 1 saturated heterocycles. The fraction of sp³-hybridized carbons (Fsp3) is 0.318. The number of amides is 2. The first kappa shape index (κ1) is 22.5. The summed E-state index contributed by atoms with van der Waals surface area (Å²) in [5.74, 6) is 0.470. The van der Waals surface area contributed by atoms with Gasteiger partial charge in [0.25, 0.3) is 11.8 Å². The Hall–Kier alpha value is -2.20. The summed E-state index contributed by atoms with van der Waals surface area (Å²) >= 11 is 7.36. The maximum absolute atomic E-state index is 12.7. The van der Waals surface area contributed by atoms with Crippen molar-refractivity contribution >= 4 is 57.4 Å². The number of hydrogen-bond donors (Lipinski definition) is 2. The van der Waals surface area contributed by atoms with E-state index in [2.05, 4.69) is 33.2 Å². The molecule has 1 aliphatic heterocycles. The molecule has 1 fully saturated rings. The number of nitrogens with zero attached hydrogens (tertiary/aromatic N) is 1. The number of anilines is 1. The van der Waals surface area contributed by atoms with Gasteiger partial charge < -0.3 is 15.0 Å². The zero-order valence-electron chi connectivity index (χ0n) is 16.7. The van der Waals surface area contributed by atoms with Gasteiger partial charge in [0.2, 0.25) is 0 Å². The molecule has 8 heteroatoms. The van der Waals surface area contributed by atoms with Crippen molar-refractivity contribution in [2.75, 3.05) is 25.5 Å². The molecule has 1 aliphatic rings. The lowest BCUT2D eigenvalue weighted by atomic mass is 10.1. The maximum atomic E-state index is 12.7. The number of rotatable bonds is 4. The normalized spacial score (nSPS) is 13.9. The summed E-state index contributed by atoms with van der Waals surface area (Å²) in [5, 5.41) is 5.84. The minimum Gasteiger partial charge on any atom is -0.496 e. The van der Waals surface area contributed by atoms with Gasteiger partial charge in [0.1, 0.15) is 5.75 Å². The van der Waals surface area contributed by atoms with Crippen LogP contribution < -0.4 is 15.4 Å². The standard InChI is InChI=1S/C22H24IN3O3S/c1-29-19-11-8-16(14-18(19)23)20(27)25-22(30)24-17-9-6-15(7-10-17)21(28)26-12-4-2-3-5-13-26/h6-11,14H,2-5,12-13H2,1H3,(H2,24,25,27,30). The molecule has 0 spiro atoms. The smallest absolute Gasteiger partial charge is 0.257 e. The van der Waals surface area contributed by atoms with Crippen molar-refractivity contribution < 1.29 is 14.3 Å². The second-order valence-electron chi connectivity index (χ2n) is 7.04. The Morgan fingerprint density at radius 2 is 1.63 bits per heavy atom. The van der Waals surface area contributed by atoms with Gasteiger partial charge in [-0.2, -0.15) is 0 Å². The molecular formula is C22H24IN3O3S. The number of nitrogens with one attached hydrogen (secondary N) is 2. The van der Waals surface area contributed by atoms with Crippen molar-refractivity contribution in [2.24, 2.45) is 0 Å². The molecule has 0 aromatic heterocycles. The molecular weight excluding hydrogens is 513 g/mol. The zero-order valence-corrected chi connectivity index (χ0v) is 19.7. The summed E-state index contributed by atoms with van der Waals surface area (Å²) in [4.78, 5) is 27.0. The molecule has 30 heavy (non-hydrogen) atoms. The van der Waals surface area contributed by atoms with Crippen molar-refractivity contribution in [2.45, 2.75) is 25.7 Å². The van der Waals surface area contributed by atoms with Crippen LogP contribution in [0.25, 0.3) is 0 Å². The Balaban J connectivity index is 1.57. The third-order valence-electron chi connectivity index (χ3n) is 4.92. The molecule has 158 valence electrons. The van der Waals surface area contributed by atoms with E-state index < -0.39 is 0 Å². The quantitative estimate of drug-likeness (QED) is 0.446. The first-order valence-electron chi connectivity index (χ1n) is 9.83. The highest BCUT2D eigenvalue weighted by molar-refractivity contribution is 14.1. The zero-order chi connectivity index (χ0) is 21.5. The molecule has 2 amide bonds. The van der Waals surface area contributed by atoms with E-state index in [1.807, 2.05) is 4.90 Å². The highest BCUT2D eigenvalue weighted by Crippen LogP contribution is 2.21. The molecule has 2 N–H and O–H groups in total. The third kappa shape index (κ3) is 5.91. The Morgan fingerprint density at radius 1 is 1.00 bits per heavy atom. The van der Waals surface area contributed by atoms with Crippen molar-refractivity contribution in [3.05, 3.63) is 57.2 Å². The van der Waals surface area contributed by atoms with Crippen LogP contribution in [0, 0.1) is 3.57 Å². The first-order chi connectivity index (χ1) is 14.5. The van der Waals surface area contributed by atoms with Crippen LogP contribution in [0.3, 0.4) is 0 Å². The Bertz CT molecular complexity index is 926. The molecule has 0 bridgehead atoms. The van der Waals surface area contributed by atoms with Crippen molar-refractivity contribution in [1.82, 2.24) is 10.2 Å². The lowest BCUT2D eigenvalue weighted by Gasteiger charge is -2.20. The van der Waals surface area contributed by atoms with Gasteiger partial charge in [-0.25, -0.2) is 0 Å². The van der Waals surface area contributed by atoms with Crippen LogP contribution in [0.1, 0.15) is 46.4 Å². The lowest BCUT2D eigenvalue weighted by Crippen LogP contribution is -2.34. The molecule has 0 unspecified atom stereocenters.